The summed E-state index contributed by atoms with van der Waals surface area (Å²) in [5.41, 5.74) is 12.1. The summed E-state index contributed by atoms with van der Waals surface area (Å²) in [7, 11) is 1.76. The van der Waals surface area contributed by atoms with Crippen LogP contribution in [-0.4, -0.2) is 43.6 Å². The topological polar surface area (TPSA) is 128 Å². The average Bonchev–Trinajstić information content (AvgIpc) is 3.55. The number of nitrogens with two attached hydrogens (primary N) is 2. The highest BCUT2D eigenvalue weighted by Crippen LogP contribution is 2.40. The molecular formula is C23H25Cl2N7O3. The van der Waals surface area contributed by atoms with Crippen LogP contribution in [0.15, 0.2) is 60.9 Å². The van der Waals surface area contributed by atoms with Crippen LogP contribution in [0.5, 0.6) is 0 Å². The van der Waals surface area contributed by atoms with Crippen molar-refractivity contribution in [2.45, 2.75) is 30.4 Å². The fourth-order valence-electron chi connectivity index (χ4n) is 4.28. The van der Waals surface area contributed by atoms with Gasteiger partial charge in [0.1, 0.15) is 18.5 Å². The van der Waals surface area contributed by atoms with Crippen LogP contribution in [0.3, 0.4) is 0 Å². The minimum absolute atomic E-state index is 0.185. The first kappa shape index (κ1) is 23.8. The molecule has 184 valence electrons. The van der Waals surface area contributed by atoms with Crippen LogP contribution >= 0.6 is 23.2 Å². The van der Waals surface area contributed by atoms with Gasteiger partial charge in [0.05, 0.1) is 30.0 Å². The maximum atomic E-state index is 6.53. The molecule has 0 amide bonds. The van der Waals surface area contributed by atoms with Crippen LogP contribution in [0.25, 0.3) is 0 Å². The van der Waals surface area contributed by atoms with E-state index in [1.165, 1.54) is 0 Å². The van der Waals surface area contributed by atoms with Crippen LogP contribution in [0, 0.1) is 0 Å². The summed E-state index contributed by atoms with van der Waals surface area (Å²) in [6.45, 7) is 0.967. The molecule has 2 aromatic heterocycles. The lowest BCUT2D eigenvalue weighted by Crippen LogP contribution is -2.38. The van der Waals surface area contributed by atoms with Gasteiger partial charge >= 0.3 is 0 Å². The zero-order valence-corrected chi connectivity index (χ0v) is 20.5. The largest absolute Gasteiger partial charge is 0.491 e. The van der Waals surface area contributed by atoms with E-state index in [2.05, 4.69) is 15.1 Å². The minimum atomic E-state index is -1.11. The highest BCUT2D eigenvalue weighted by molar-refractivity contribution is 6.35. The van der Waals surface area contributed by atoms with Gasteiger partial charge in [-0.1, -0.05) is 35.3 Å². The van der Waals surface area contributed by atoms with E-state index >= 15 is 0 Å². The highest BCUT2D eigenvalue weighted by atomic mass is 35.5. The normalized spacial score (nSPS) is 26.2. The number of nitrogen functional groups attached to an aromatic ring is 1. The molecule has 1 fully saturated rings. The minimum Gasteiger partial charge on any atom is -0.491 e. The molecule has 5 rings (SSSR count). The van der Waals surface area contributed by atoms with Crippen molar-refractivity contribution in [1.29, 1.82) is 0 Å². The molecule has 3 unspecified atom stereocenters. The van der Waals surface area contributed by atoms with Crippen molar-refractivity contribution in [2.75, 3.05) is 18.9 Å². The van der Waals surface area contributed by atoms with Gasteiger partial charge in [-0.25, -0.2) is 9.67 Å². The molecule has 1 saturated heterocycles. The van der Waals surface area contributed by atoms with Crippen LogP contribution < -0.4 is 11.5 Å². The number of ether oxygens (including phenoxy) is 3. The summed E-state index contributed by atoms with van der Waals surface area (Å²) in [6.07, 6.45) is 11.0. The number of aryl methyl sites for hydroxylation is 1. The molecule has 2 aliphatic rings. The predicted octanol–water partition coefficient (Wildman–Crippen LogP) is 2.88. The smallest absolute Gasteiger partial charge is 0.239 e. The Labute approximate surface area is 212 Å². The first-order valence-corrected chi connectivity index (χ1v) is 11.7. The van der Waals surface area contributed by atoms with E-state index in [4.69, 9.17) is 48.9 Å². The number of anilines is 1. The van der Waals surface area contributed by atoms with E-state index in [-0.39, 0.29) is 18.7 Å². The molecule has 3 atom stereocenters. The van der Waals surface area contributed by atoms with Crippen molar-refractivity contribution in [3.8, 4) is 0 Å². The zero-order chi connectivity index (χ0) is 24.6. The summed E-state index contributed by atoms with van der Waals surface area (Å²) >= 11 is 12.6. The van der Waals surface area contributed by atoms with Crippen LogP contribution in [-0.2, 0) is 39.1 Å². The van der Waals surface area contributed by atoms with Gasteiger partial charge in [0.25, 0.3) is 0 Å². The fourth-order valence-corrected chi connectivity index (χ4v) is 4.84. The Morgan fingerprint density at radius 1 is 1.31 bits per heavy atom. The number of imidazole rings is 1. The molecule has 0 radical (unpaired) electrons. The number of halogens is 2. The lowest BCUT2D eigenvalue weighted by atomic mass is 9.91. The molecule has 0 spiro atoms. The summed E-state index contributed by atoms with van der Waals surface area (Å²) in [5.74, 6) is 0.342. The molecular weight excluding hydrogens is 493 g/mol. The Hall–Kier alpha value is -2.89. The third-order valence-electron chi connectivity index (χ3n) is 5.97. The van der Waals surface area contributed by atoms with Crippen LogP contribution in [0.4, 0.5) is 5.95 Å². The summed E-state index contributed by atoms with van der Waals surface area (Å²) in [4.78, 5) is 8.36. The van der Waals surface area contributed by atoms with Gasteiger partial charge in [-0.15, -0.1) is 5.10 Å². The maximum Gasteiger partial charge on any atom is 0.239 e. The van der Waals surface area contributed by atoms with Crippen molar-refractivity contribution in [3.05, 3.63) is 82.3 Å². The van der Waals surface area contributed by atoms with Gasteiger partial charge in [-0.3, -0.25) is 0 Å². The second kappa shape index (κ2) is 9.29. The van der Waals surface area contributed by atoms with Crippen molar-refractivity contribution < 1.29 is 14.2 Å². The molecule has 1 aromatic carbocycles. The predicted molar refractivity (Wildman–Crippen MR) is 130 cm³/mol. The van der Waals surface area contributed by atoms with Gasteiger partial charge in [0.2, 0.25) is 11.7 Å². The molecule has 4 N–H and O–H groups in total. The van der Waals surface area contributed by atoms with Crippen molar-refractivity contribution in [1.82, 2.24) is 24.3 Å². The van der Waals surface area contributed by atoms with E-state index in [1.807, 2.05) is 35.1 Å². The Morgan fingerprint density at radius 3 is 2.83 bits per heavy atom. The number of benzene rings is 1. The van der Waals surface area contributed by atoms with Crippen molar-refractivity contribution in [2.24, 2.45) is 12.8 Å². The van der Waals surface area contributed by atoms with Gasteiger partial charge in [-0.2, -0.15) is 4.98 Å². The summed E-state index contributed by atoms with van der Waals surface area (Å²) in [5, 5.41) is 5.07. The lowest BCUT2D eigenvalue weighted by Gasteiger charge is -2.30. The molecule has 3 heterocycles. The molecule has 1 aliphatic heterocycles. The maximum absolute atomic E-state index is 6.53. The molecule has 0 saturated carbocycles. The highest BCUT2D eigenvalue weighted by Gasteiger charge is 2.45. The van der Waals surface area contributed by atoms with Crippen molar-refractivity contribution in [3.63, 3.8) is 0 Å². The van der Waals surface area contributed by atoms with E-state index in [0.29, 0.717) is 46.8 Å². The number of nitrogens with zero attached hydrogens (tertiary/aromatic N) is 5. The first-order chi connectivity index (χ1) is 16.8. The zero-order valence-electron chi connectivity index (χ0n) is 19.0. The van der Waals surface area contributed by atoms with E-state index in [1.54, 1.807) is 36.4 Å². The molecule has 3 aromatic rings. The van der Waals surface area contributed by atoms with Crippen LogP contribution in [0.2, 0.25) is 10.0 Å². The Bertz CT molecular complexity index is 1280. The second-order valence-corrected chi connectivity index (χ2v) is 9.42. The van der Waals surface area contributed by atoms with Gasteiger partial charge in [-0.05, 0) is 30.7 Å². The third-order valence-corrected chi connectivity index (χ3v) is 6.52. The van der Waals surface area contributed by atoms with Gasteiger partial charge in [0, 0.05) is 30.0 Å². The Balaban J connectivity index is 1.27. The quantitative estimate of drug-likeness (QED) is 0.489. The fraction of sp³-hybridized carbons (Fsp3) is 0.348. The molecule has 12 heteroatoms. The van der Waals surface area contributed by atoms with Crippen LogP contribution in [0.1, 0.15) is 17.8 Å². The summed E-state index contributed by atoms with van der Waals surface area (Å²) in [6, 6.07) is 5.25. The SMILES string of the molecule is Cn1nc(N)nc1C1(N)C=CC(OCC2COC(Cn3ccnc3)(c3ccc(Cl)cc3Cl)O2)=CC1. The molecule has 35 heavy (non-hydrogen) atoms. The Kier molecular flexibility index (Phi) is 6.32. The van der Waals surface area contributed by atoms with E-state index < -0.39 is 11.3 Å². The van der Waals surface area contributed by atoms with Crippen molar-refractivity contribution >= 4 is 29.2 Å². The summed E-state index contributed by atoms with van der Waals surface area (Å²) < 4.78 is 22.1. The second-order valence-electron chi connectivity index (χ2n) is 8.58. The monoisotopic (exact) mass is 517 g/mol. The standard InChI is InChI=1S/C23H25Cl2N7O3/c1-31-20(29-21(26)30-31)22(27)6-4-16(5-7-22)33-11-17-12-34-23(35-17,13-32-9-8-28-14-32)18-3-2-15(24)10-19(18)25/h2-6,8-10,14,17H,7,11-13,27H2,1H3,(H2,26,30). The number of rotatable bonds is 7. The number of allylic oxidation sites excluding steroid dienone is 1. The van der Waals surface area contributed by atoms with E-state index in [9.17, 15) is 0 Å². The molecule has 0 bridgehead atoms. The molecule has 1 aliphatic carbocycles. The third kappa shape index (κ3) is 4.80. The molecule has 10 nitrogen and oxygen atoms in total. The van der Waals surface area contributed by atoms with Gasteiger partial charge in [0.15, 0.2) is 5.82 Å². The number of hydrogen-bond acceptors (Lipinski definition) is 8. The lowest BCUT2D eigenvalue weighted by molar-refractivity contribution is -0.190. The first-order valence-electron chi connectivity index (χ1n) is 11.0. The number of hydrogen-bond donors (Lipinski definition) is 2. The Morgan fingerprint density at radius 2 is 2.17 bits per heavy atom. The average molecular weight is 518 g/mol. The van der Waals surface area contributed by atoms with E-state index in [0.717, 1.165) is 0 Å². The van der Waals surface area contributed by atoms with Gasteiger partial charge < -0.3 is 30.2 Å². The number of aromatic nitrogens is 5.